The van der Waals surface area contributed by atoms with Crippen LogP contribution in [0, 0.1) is 0 Å². The van der Waals surface area contributed by atoms with Crippen LogP contribution < -0.4 is 11.0 Å². The lowest BCUT2D eigenvalue weighted by Gasteiger charge is -2.13. The molecule has 0 amide bonds. The summed E-state index contributed by atoms with van der Waals surface area (Å²) in [6.07, 6.45) is 3.78. The summed E-state index contributed by atoms with van der Waals surface area (Å²) in [5.74, 6) is 0. The summed E-state index contributed by atoms with van der Waals surface area (Å²) in [6, 6.07) is 0.546. The van der Waals surface area contributed by atoms with Crippen LogP contribution in [0.4, 0.5) is 0 Å². The number of aromatic nitrogens is 3. The molecular weight excluding hydrogens is 192 g/mol. The highest BCUT2D eigenvalue weighted by Crippen LogP contribution is 1.94. The number of hydrogen-bond donors (Lipinski definition) is 1. The molecule has 0 unspecified atom stereocenters. The Morgan fingerprint density at radius 2 is 2.13 bits per heavy atom. The Balaban J connectivity index is 2.38. The predicted molar refractivity (Wildman–Crippen MR) is 59.8 cm³/mol. The van der Waals surface area contributed by atoms with Gasteiger partial charge in [-0.3, -0.25) is 4.57 Å². The van der Waals surface area contributed by atoms with Crippen LogP contribution in [0.2, 0.25) is 0 Å². The van der Waals surface area contributed by atoms with E-state index in [1.54, 1.807) is 13.4 Å². The van der Waals surface area contributed by atoms with Gasteiger partial charge in [-0.2, -0.15) is 5.10 Å². The number of rotatable bonds is 6. The third-order valence-electron chi connectivity index (χ3n) is 2.63. The van der Waals surface area contributed by atoms with E-state index >= 15 is 0 Å². The minimum Gasteiger partial charge on any atom is -0.312 e. The highest BCUT2D eigenvalue weighted by atomic mass is 16.2. The van der Waals surface area contributed by atoms with E-state index in [1.807, 2.05) is 0 Å². The van der Waals surface area contributed by atoms with E-state index in [0.717, 1.165) is 19.4 Å². The van der Waals surface area contributed by atoms with Crippen molar-refractivity contribution in [1.82, 2.24) is 19.7 Å². The van der Waals surface area contributed by atoms with Gasteiger partial charge in [-0.15, -0.1) is 0 Å². The molecule has 0 saturated heterocycles. The molecule has 5 nitrogen and oxygen atoms in total. The lowest BCUT2D eigenvalue weighted by Crippen LogP contribution is -2.33. The van der Waals surface area contributed by atoms with Gasteiger partial charge in [-0.05, 0) is 12.8 Å². The Hall–Kier alpha value is -1.10. The molecule has 1 rings (SSSR count). The molecule has 0 saturated carbocycles. The lowest BCUT2D eigenvalue weighted by molar-refractivity contribution is 0.449. The minimum absolute atomic E-state index is 0.0543. The summed E-state index contributed by atoms with van der Waals surface area (Å²) < 4.78 is 2.96. The number of nitrogens with zero attached hydrogens (tertiary/aromatic N) is 3. The third kappa shape index (κ3) is 3.20. The quantitative estimate of drug-likeness (QED) is 0.740. The van der Waals surface area contributed by atoms with Gasteiger partial charge in [0.05, 0.1) is 6.54 Å². The molecule has 15 heavy (non-hydrogen) atoms. The molecular formula is C10H20N4O. The van der Waals surface area contributed by atoms with Crippen molar-refractivity contribution >= 4 is 0 Å². The fraction of sp³-hybridized carbons (Fsp3) is 0.800. The van der Waals surface area contributed by atoms with Gasteiger partial charge in [0.25, 0.3) is 0 Å². The largest absolute Gasteiger partial charge is 0.345 e. The zero-order chi connectivity index (χ0) is 11.3. The van der Waals surface area contributed by atoms with Crippen LogP contribution in [0.5, 0.6) is 0 Å². The lowest BCUT2D eigenvalue weighted by atomic mass is 10.2. The van der Waals surface area contributed by atoms with Crippen LogP contribution in [-0.4, -0.2) is 26.9 Å². The van der Waals surface area contributed by atoms with Crippen LogP contribution in [0.25, 0.3) is 0 Å². The van der Waals surface area contributed by atoms with Crippen LogP contribution in [0.3, 0.4) is 0 Å². The molecule has 0 aromatic carbocycles. The van der Waals surface area contributed by atoms with Gasteiger partial charge in [0.1, 0.15) is 6.33 Å². The summed E-state index contributed by atoms with van der Waals surface area (Å²) in [4.78, 5) is 11.4. The van der Waals surface area contributed by atoms with Crippen molar-refractivity contribution in [3.63, 3.8) is 0 Å². The fourth-order valence-electron chi connectivity index (χ4n) is 1.53. The van der Waals surface area contributed by atoms with Gasteiger partial charge < -0.3 is 5.32 Å². The van der Waals surface area contributed by atoms with E-state index < -0.39 is 0 Å². The second kappa shape index (κ2) is 5.70. The third-order valence-corrected chi connectivity index (χ3v) is 2.63. The van der Waals surface area contributed by atoms with Crippen LogP contribution in [0.1, 0.15) is 26.7 Å². The first kappa shape index (κ1) is 12.0. The number of hydrogen-bond acceptors (Lipinski definition) is 3. The van der Waals surface area contributed by atoms with Gasteiger partial charge in [0, 0.05) is 19.6 Å². The first-order chi connectivity index (χ1) is 7.19. The topological polar surface area (TPSA) is 51.9 Å². The van der Waals surface area contributed by atoms with Crippen molar-refractivity contribution < 1.29 is 0 Å². The Bertz CT molecular complexity index is 337. The van der Waals surface area contributed by atoms with Gasteiger partial charge in [-0.25, -0.2) is 9.48 Å². The van der Waals surface area contributed by atoms with E-state index in [4.69, 9.17) is 0 Å². The van der Waals surface area contributed by atoms with E-state index in [1.165, 1.54) is 9.25 Å². The second-order valence-corrected chi connectivity index (χ2v) is 3.72. The van der Waals surface area contributed by atoms with Gasteiger partial charge in [0.2, 0.25) is 0 Å². The van der Waals surface area contributed by atoms with E-state index in [9.17, 15) is 4.79 Å². The fourth-order valence-corrected chi connectivity index (χ4v) is 1.53. The average molecular weight is 212 g/mol. The van der Waals surface area contributed by atoms with Crippen molar-refractivity contribution in [3.05, 3.63) is 16.8 Å². The Kier molecular flexibility index (Phi) is 4.55. The Morgan fingerprint density at radius 1 is 1.47 bits per heavy atom. The van der Waals surface area contributed by atoms with Crippen molar-refractivity contribution in [1.29, 1.82) is 0 Å². The maximum absolute atomic E-state index is 11.4. The molecule has 0 bridgehead atoms. The Morgan fingerprint density at radius 3 is 2.60 bits per heavy atom. The Labute approximate surface area is 90.1 Å². The maximum Gasteiger partial charge on any atom is 0.345 e. The molecule has 0 aliphatic rings. The molecule has 0 radical (unpaired) electrons. The minimum atomic E-state index is -0.0543. The van der Waals surface area contributed by atoms with E-state index in [2.05, 4.69) is 24.3 Å². The normalized spacial score (nSPS) is 11.2. The molecule has 86 valence electrons. The van der Waals surface area contributed by atoms with Crippen LogP contribution in [0.15, 0.2) is 11.1 Å². The highest BCUT2D eigenvalue weighted by molar-refractivity contribution is 4.67. The van der Waals surface area contributed by atoms with Crippen LogP contribution in [-0.2, 0) is 13.6 Å². The monoisotopic (exact) mass is 212 g/mol. The summed E-state index contributed by atoms with van der Waals surface area (Å²) in [5, 5.41) is 7.39. The molecule has 0 atom stereocenters. The van der Waals surface area contributed by atoms with E-state index in [0.29, 0.717) is 12.6 Å². The molecule has 0 aliphatic heterocycles. The molecule has 1 aromatic heterocycles. The smallest absolute Gasteiger partial charge is 0.312 e. The van der Waals surface area contributed by atoms with Gasteiger partial charge in [0.15, 0.2) is 0 Å². The molecule has 5 heteroatoms. The molecule has 1 N–H and O–H groups in total. The number of nitrogens with one attached hydrogen (secondary N) is 1. The summed E-state index contributed by atoms with van der Waals surface area (Å²) in [5.41, 5.74) is -0.0543. The summed E-state index contributed by atoms with van der Waals surface area (Å²) >= 11 is 0. The van der Waals surface area contributed by atoms with Crippen molar-refractivity contribution in [2.24, 2.45) is 7.05 Å². The summed E-state index contributed by atoms with van der Waals surface area (Å²) in [6.45, 7) is 5.75. The van der Waals surface area contributed by atoms with Crippen molar-refractivity contribution in [3.8, 4) is 0 Å². The molecule has 0 spiro atoms. The number of aryl methyl sites for hydroxylation is 1. The molecule has 0 aliphatic carbocycles. The predicted octanol–water partition coefficient (Wildman–Crippen LogP) is 0.360. The highest BCUT2D eigenvalue weighted by Gasteiger charge is 2.03. The molecule has 1 heterocycles. The van der Waals surface area contributed by atoms with Gasteiger partial charge in [-0.1, -0.05) is 13.8 Å². The first-order valence-electron chi connectivity index (χ1n) is 5.50. The van der Waals surface area contributed by atoms with Gasteiger partial charge >= 0.3 is 5.69 Å². The maximum atomic E-state index is 11.4. The molecule has 0 fully saturated rings. The second-order valence-electron chi connectivity index (χ2n) is 3.72. The van der Waals surface area contributed by atoms with E-state index in [-0.39, 0.29) is 5.69 Å². The first-order valence-corrected chi connectivity index (χ1v) is 5.50. The van der Waals surface area contributed by atoms with Crippen molar-refractivity contribution in [2.45, 2.75) is 39.3 Å². The van der Waals surface area contributed by atoms with Crippen molar-refractivity contribution in [2.75, 3.05) is 6.54 Å². The molecule has 1 aromatic rings. The standard InChI is InChI=1S/C10H20N4O/c1-4-9(5-2)11-6-7-14-10(15)13(3)8-12-14/h8-9,11H,4-7H2,1-3H3. The SMILES string of the molecule is CCC(CC)NCCn1ncn(C)c1=O. The zero-order valence-corrected chi connectivity index (χ0v) is 9.73. The van der Waals surface area contributed by atoms with Crippen LogP contribution >= 0.6 is 0 Å². The summed E-state index contributed by atoms with van der Waals surface area (Å²) in [7, 11) is 1.71. The average Bonchev–Trinajstić information content (AvgIpc) is 2.56. The zero-order valence-electron chi connectivity index (χ0n) is 9.73.